The highest BCUT2D eigenvalue weighted by atomic mass is 16.2. The van der Waals surface area contributed by atoms with E-state index in [2.05, 4.69) is 10.2 Å². The van der Waals surface area contributed by atoms with Gasteiger partial charge in [-0.1, -0.05) is 0 Å². The third-order valence-electron chi connectivity index (χ3n) is 4.29. The Kier molecular flexibility index (Phi) is 3.26. The molecule has 3 saturated heterocycles. The molecule has 104 valence electrons. The second kappa shape index (κ2) is 4.92. The van der Waals surface area contributed by atoms with E-state index in [9.17, 15) is 14.4 Å². The smallest absolute Gasteiger partial charge is 0.237 e. The molecule has 0 aromatic rings. The number of rotatable bonds is 2. The summed E-state index contributed by atoms with van der Waals surface area (Å²) in [6.45, 7) is 2.06. The van der Waals surface area contributed by atoms with E-state index in [-0.39, 0.29) is 29.8 Å². The largest absolute Gasteiger partial charge is 0.355 e. The first-order chi connectivity index (χ1) is 9.16. The van der Waals surface area contributed by atoms with Crippen LogP contribution >= 0.6 is 0 Å². The summed E-state index contributed by atoms with van der Waals surface area (Å²) in [5, 5.41) is 2.92. The van der Waals surface area contributed by atoms with Gasteiger partial charge in [0.25, 0.3) is 0 Å². The van der Waals surface area contributed by atoms with Crippen molar-refractivity contribution >= 4 is 17.7 Å². The van der Waals surface area contributed by atoms with Crippen LogP contribution in [-0.4, -0.2) is 59.2 Å². The van der Waals surface area contributed by atoms with E-state index in [1.165, 1.54) is 4.90 Å². The number of nitrogens with zero attached hydrogens (tertiary/aromatic N) is 2. The quantitative estimate of drug-likeness (QED) is 0.683. The van der Waals surface area contributed by atoms with Crippen LogP contribution in [0, 0.1) is 0 Å². The summed E-state index contributed by atoms with van der Waals surface area (Å²) in [5.74, 6) is -0.0186. The van der Waals surface area contributed by atoms with Gasteiger partial charge in [0.2, 0.25) is 17.7 Å². The Hall–Kier alpha value is -1.43. The predicted octanol–water partition coefficient (Wildman–Crippen LogP) is -0.512. The maximum Gasteiger partial charge on any atom is 0.237 e. The van der Waals surface area contributed by atoms with Gasteiger partial charge in [0, 0.05) is 32.5 Å². The molecule has 3 aliphatic heterocycles. The number of carbonyl (C=O) groups is 3. The summed E-state index contributed by atoms with van der Waals surface area (Å²) in [4.78, 5) is 38.7. The zero-order chi connectivity index (χ0) is 13.4. The molecule has 0 aromatic carbocycles. The lowest BCUT2D eigenvalue weighted by molar-refractivity contribution is -0.147. The van der Waals surface area contributed by atoms with Gasteiger partial charge in [-0.2, -0.15) is 0 Å². The van der Waals surface area contributed by atoms with Crippen LogP contribution in [-0.2, 0) is 14.4 Å². The second-order valence-electron chi connectivity index (χ2n) is 5.57. The third kappa shape index (κ3) is 2.25. The van der Waals surface area contributed by atoms with Gasteiger partial charge in [0.15, 0.2) is 0 Å². The van der Waals surface area contributed by atoms with Crippen molar-refractivity contribution < 1.29 is 14.4 Å². The highest BCUT2D eigenvalue weighted by molar-refractivity contribution is 6.02. The predicted molar refractivity (Wildman–Crippen MR) is 67.1 cm³/mol. The Morgan fingerprint density at radius 3 is 2.37 bits per heavy atom. The molecule has 3 heterocycles. The first kappa shape index (κ1) is 12.6. The number of nitrogens with one attached hydrogen (secondary N) is 1. The van der Waals surface area contributed by atoms with E-state index < -0.39 is 0 Å². The highest BCUT2D eigenvalue weighted by Crippen LogP contribution is 2.26. The second-order valence-corrected chi connectivity index (χ2v) is 5.57. The summed E-state index contributed by atoms with van der Waals surface area (Å²) in [7, 11) is 0. The molecule has 0 bridgehead atoms. The molecule has 6 heteroatoms. The number of hydrogen-bond donors (Lipinski definition) is 1. The summed E-state index contributed by atoms with van der Waals surface area (Å²) < 4.78 is 0. The Labute approximate surface area is 112 Å². The monoisotopic (exact) mass is 265 g/mol. The van der Waals surface area contributed by atoms with Gasteiger partial charge in [-0.15, -0.1) is 0 Å². The molecule has 1 atom stereocenters. The molecule has 0 saturated carbocycles. The topological polar surface area (TPSA) is 69.7 Å². The fourth-order valence-electron chi connectivity index (χ4n) is 3.18. The van der Waals surface area contributed by atoms with Crippen molar-refractivity contribution in [2.45, 2.75) is 44.2 Å². The lowest BCUT2D eigenvalue weighted by Gasteiger charge is -2.46. The molecule has 1 N–H and O–H groups in total. The van der Waals surface area contributed by atoms with E-state index in [4.69, 9.17) is 0 Å². The standard InChI is InChI=1S/C13H19N3O3/c17-11-4-5-12(18)16(11)9-7-15(8-9)10-3-1-2-6-14-13(10)19/h9-10H,1-8H2,(H,14,19). The van der Waals surface area contributed by atoms with E-state index in [0.717, 1.165) is 25.8 Å². The zero-order valence-electron chi connectivity index (χ0n) is 10.9. The van der Waals surface area contributed by atoms with Crippen LogP contribution in [0.2, 0.25) is 0 Å². The summed E-state index contributed by atoms with van der Waals surface area (Å²) in [6, 6.07) is -0.0925. The van der Waals surface area contributed by atoms with Gasteiger partial charge in [0.1, 0.15) is 0 Å². The summed E-state index contributed by atoms with van der Waals surface area (Å²) in [5.41, 5.74) is 0. The number of carbonyl (C=O) groups excluding carboxylic acids is 3. The maximum absolute atomic E-state index is 11.9. The van der Waals surface area contributed by atoms with Gasteiger partial charge in [-0.3, -0.25) is 24.2 Å². The van der Waals surface area contributed by atoms with Crippen LogP contribution in [0.4, 0.5) is 0 Å². The van der Waals surface area contributed by atoms with Crippen LogP contribution in [0.15, 0.2) is 0 Å². The van der Waals surface area contributed by atoms with Gasteiger partial charge in [0.05, 0.1) is 12.1 Å². The number of hydrogen-bond acceptors (Lipinski definition) is 4. The van der Waals surface area contributed by atoms with E-state index in [1.807, 2.05) is 0 Å². The first-order valence-corrected chi connectivity index (χ1v) is 7.03. The molecule has 3 rings (SSSR count). The lowest BCUT2D eigenvalue weighted by Crippen LogP contribution is -2.65. The van der Waals surface area contributed by atoms with Crippen LogP contribution in [0.1, 0.15) is 32.1 Å². The molecule has 3 amide bonds. The molecule has 3 fully saturated rings. The average molecular weight is 265 g/mol. The Morgan fingerprint density at radius 1 is 1.00 bits per heavy atom. The molecular formula is C13H19N3O3. The number of amides is 3. The van der Waals surface area contributed by atoms with Crippen molar-refractivity contribution in [1.82, 2.24) is 15.1 Å². The molecule has 0 radical (unpaired) electrons. The Bertz CT molecular complexity index is 401. The van der Waals surface area contributed by atoms with Gasteiger partial charge in [-0.05, 0) is 19.3 Å². The van der Waals surface area contributed by atoms with Crippen molar-refractivity contribution in [1.29, 1.82) is 0 Å². The van der Waals surface area contributed by atoms with Gasteiger partial charge >= 0.3 is 0 Å². The van der Waals surface area contributed by atoms with Crippen molar-refractivity contribution in [3.05, 3.63) is 0 Å². The molecular weight excluding hydrogens is 246 g/mol. The highest BCUT2D eigenvalue weighted by Gasteiger charge is 2.44. The van der Waals surface area contributed by atoms with Crippen molar-refractivity contribution in [3.8, 4) is 0 Å². The minimum Gasteiger partial charge on any atom is -0.355 e. The Morgan fingerprint density at radius 2 is 1.68 bits per heavy atom. The molecule has 0 aliphatic carbocycles. The normalized spacial score (nSPS) is 30.2. The van der Waals surface area contributed by atoms with Gasteiger partial charge in [-0.25, -0.2) is 0 Å². The average Bonchev–Trinajstić information content (AvgIpc) is 2.54. The summed E-state index contributed by atoms with van der Waals surface area (Å²) >= 11 is 0. The van der Waals surface area contributed by atoms with E-state index in [1.54, 1.807) is 0 Å². The number of imide groups is 1. The lowest BCUT2D eigenvalue weighted by atomic mass is 10.0. The SMILES string of the molecule is O=C1NCCCCC1N1CC(N2C(=O)CCC2=O)C1. The van der Waals surface area contributed by atoms with Crippen LogP contribution in [0.25, 0.3) is 0 Å². The number of likely N-dealkylation sites (tertiary alicyclic amines) is 2. The Balaban J connectivity index is 1.58. The van der Waals surface area contributed by atoms with Crippen molar-refractivity contribution in [2.24, 2.45) is 0 Å². The fraction of sp³-hybridized carbons (Fsp3) is 0.769. The first-order valence-electron chi connectivity index (χ1n) is 7.03. The molecule has 19 heavy (non-hydrogen) atoms. The zero-order valence-corrected chi connectivity index (χ0v) is 10.9. The molecule has 6 nitrogen and oxygen atoms in total. The van der Waals surface area contributed by atoms with Crippen LogP contribution < -0.4 is 5.32 Å². The summed E-state index contributed by atoms with van der Waals surface area (Å²) in [6.07, 6.45) is 3.65. The van der Waals surface area contributed by atoms with Crippen molar-refractivity contribution in [3.63, 3.8) is 0 Å². The van der Waals surface area contributed by atoms with Crippen molar-refractivity contribution in [2.75, 3.05) is 19.6 Å². The maximum atomic E-state index is 11.9. The molecule has 0 spiro atoms. The van der Waals surface area contributed by atoms with E-state index >= 15 is 0 Å². The molecule has 3 aliphatic rings. The molecule has 1 unspecified atom stereocenters. The minimum atomic E-state index is -0.0773. The van der Waals surface area contributed by atoms with Crippen LogP contribution in [0.3, 0.4) is 0 Å². The van der Waals surface area contributed by atoms with E-state index in [0.29, 0.717) is 25.9 Å². The molecule has 0 aromatic heterocycles. The van der Waals surface area contributed by atoms with Gasteiger partial charge < -0.3 is 5.32 Å². The third-order valence-corrected chi connectivity index (χ3v) is 4.29. The fourth-order valence-corrected chi connectivity index (χ4v) is 3.18. The van der Waals surface area contributed by atoms with Crippen LogP contribution in [0.5, 0.6) is 0 Å². The minimum absolute atomic E-state index is 0.0152.